The third kappa shape index (κ3) is 25.1. The van der Waals surface area contributed by atoms with Gasteiger partial charge >= 0.3 is 59.1 Å². The normalized spacial score (nSPS) is 10.7. The van der Waals surface area contributed by atoms with E-state index in [1.54, 1.807) is 0 Å². The van der Waals surface area contributed by atoms with Gasteiger partial charge in [0.25, 0.3) is 0 Å². The minimum absolute atomic E-state index is 0. The molecular formula is C22H42N2Na2O4. The molecule has 0 amide bonds. The third-order valence-electron chi connectivity index (χ3n) is 5.09. The Kier molecular flexibility index (Phi) is 30.9. The molecule has 0 aromatic rings. The average Bonchev–Trinajstić information content (AvgIpc) is 2.63. The van der Waals surface area contributed by atoms with Crippen LogP contribution in [0.3, 0.4) is 0 Å². The van der Waals surface area contributed by atoms with E-state index in [2.05, 4.69) is 13.8 Å². The van der Waals surface area contributed by atoms with Crippen molar-refractivity contribution in [3.8, 4) is 0 Å². The van der Waals surface area contributed by atoms with E-state index >= 15 is 0 Å². The maximum atomic E-state index is 11.0. The van der Waals surface area contributed by atoms with Crippen molar-refractivity contribution >= 4 is 11.9 Å². The number of nitrogens with zero attached hydrogens (tertiary/aromatic N) is 2. The van der Waals surface area contributed by atoms with Crippen LogP contribution < -0.4 is 69.3 Å². The molecule has 166 valence electrons. The molecule has 0 atom stereocenters. The van der Waals surface area contributed by atoms with Crippen LogP contribution in [0, 0.1) is 0 Å². The molecule has 0 aliphatic rings. The number of unbranched alkanes of at least 4 members (excludes halogenated alkanes) is 10. The van der Waals surface area contributed by atoms with E-state index in [1.807, 2.05) is 9.80 Å². The number of carbonyl (C=O) groups excluding carboxylic acids is 2. The summed E-state index contributed by atoms with van der Waals surface area (Å²) in [5.41, 5.74) is 0. The van der Waals surface area contributed by atoms with E-state index in [0.717, 1.165) is 38.8 Å². The Balaban J connectivity index is -0.00000364. The van der Waals surface area contributed by atoms with Crippen molar-refractivity contribution in [3.05, 3.63) is 0 Å². The molecule has 0 aromatic carbocycles. The topological polar surface area (TPSA) is 86.7 Å². The van der Waals surface area contributed by atoms with E-state index in [9.17, 15) is 19.8 Å². The molecule has 0 saturated carbocycles. The van der Waals surface area contributed by atoms with Crippen molar-refractivity contribution < 1.29 is 78.9 Å². The second kappa shape index (κ2) is 26.1. The molecule has 0 radical (unpaired) electrons. The summed E-state index contributed by atoms with van der Waals surface area (Å²) >= 11 is 0. The fourth-order valence-electron chi connectivity index (χ4n) is 3.42. The second-order valence-electron chi connectivity index (χ2n) is 7.83. The van der Waals surface area contributed by atoms with Crippen molar-refractivity contribution in [3.63, 3.8) is 0 Å². The van der Waals surface area contributed by atoms with E-state index in [1.165, 1.54) is 51.4 Å². The fraction of sp³-hybridized carbons (Fsp3) is 0.909. The molecule has 0 heterocycles. The van der Waals surface area contributed by atoms with Gasteiger partial charge < -0.3 is 19.8 Å². The van der Waals surface area contributed by atoms with Gasteiger partial charge in [-0.1, -0.05) is 78.1 Å². The largest absolute Gasteiger partial charge is 1.00 e. The SMILES string of the molecule is CCCCCCCCN(CCN(CCCCCCCC)CC(=O)[O-])CC(=O)[O-].[Na+].[Na+]. The van der Waals surface area contributed by atoms with Crippen molar-refractivity contribution in [1.29, 1.82) is 0 Å². The number of carboxylic acid groups (broad SMARTS) is 2. The number of aliphatic carboxylic acids is 2. The Morgan fingerprint density at radius 2 is 0.833 bits per heavy atom. The van der Waals surface area contributed by atoms with Gasteiger partial charge in [-0.15, -0.1) is 0 Å². The van der Waals surface area contributed by atoms with Gasteiger partial charge in [0.05, 0.1) is 11.9 Å². The summed E-state index contributed by atoms with van der Waals surface area (Å²) in [6.45, 7) is 6.72. The molecule has 30 heavy (non-hydrogen) atoms. The molecule has 0 aliphatic carbocycles. The van der Waals surface area contributed by atoms with Gasteiger partial charge in [0, 0.05) is 26.2 Å². The maximum absolute atomic E-state index is 11.0. The molecule has 8 heteroatoms. The molecule has 0 fully saturated rings. The van der Waals surface area contributed by atoms with Gasteiger partial charge in [-0.05, 0) is 25.9 Å². The molecule has 0 unspecified atom stereocenters. The summed E-state index contributed by atoms with van der Waals surface area (Å²) in [6, 6.07) is 0. The van der Waals surface area contributed by atoms with Crippen LogP contribution >= 0.6 is 0 Å². The smallest absolute Gasteiger partial charge is 0.549 e. The summed E-state index contributed by atoms with van der Waals surface area (Å²) < 4.78 is 0. The van der Waals surface area contributed by atoms with Crippen LogP contribution in [-0.4, -0.2) is 61.0 Å². The quantitative estimate of drug-likeness (QED) is 0.132. The monoisotopic (exact) mass is 444 g/mol. The first-order valence-electron chi connectivity index (χ1n) is 11.3. The number of hydrogen-bond acceptors (Lipinski definition) is 6. The van der Waals surface area contributed by atoms with Gasteiger partial charge in [0.2, 0.25) is 0 Å². The van der Waals surface area contributed by atoms with Gasteiger partial charge in [0.15, 0.2) is 0 Å². The Morgan fingerprint density at radius 1 is 0.533 bits per heavy atom. The van der Waals surface area contributed by atoms with Crippen LogP contribution in [-0.2, 0) is 9.59 Å². The predicted molar refractivity (Wildman–Crippen MR) is 110 cm³/mol. The Hall–Kier alpha value is 0.860. The zero-order valence-corrected chi connectivity index (χ0v) is 24.3. The fourth-order valence-corrected chi connectivity index (χ4v) is 3.42. The van der Waals surface area contributed by atoms with Gasteiger partial charge in [0.1, 0.15) is 0 Å². The van der Waals surface area contributed by atoms with Crippen molar-refractivity contribution in [2.75, 3.05) is 39.3 Å². The number of rotatable bonds is 21. The molecule has 0 saturated heterocycles. The van der Waals surface area contributed by atoms with Crippen LogP contribution in [0.1, 0.15) is 90.9 Å². The molecule has 6 nitrogen and oxygen atoms in total. The number of carboxylic acids is 2. The average molecular weight is 445 g/mol. The molecule has 0 N–H and O–H groups in total. The molecular weight excluding hydrogens is 402 g/mol. The van der Waals surface area contributed by atoms with Crippen molar-refractivity contribution in [2.45, 2.75) is 90.9 Å². The number of hydrogen-bond donors (Lipinski definition) is 0. The van der Waals surface area contributed by atoms with Crippen LogP contribution in [0.25, 0.3) is 0 Å². The summed E-state index contributed by atoms with van der Waals surface area (Å²) in [5.74, 6) is -2.15. The summed E-state index contributed by atoms with van der Waals surface area (Å²) in [7, 11) is 0. The van der Waals surface area contributed by atoms with Gasteiger partial charge in [-0.25, -0.2) is 0 Å². The van der Waals surface area contributed by atoms with E-state index < -0.39 is 11.9 Å². The van der Waals surface area contributed by atoms with E-state index in [-0.39, 0.29) is 72.2 Å². The standard InChI is InChI=1S/C22H44N2O4.2Na/c1-3-5-7-9-11-13-15-23(19-21(25)26)17-18-24(20-22(27)28)16-14-12-10-8-6-4-2;;/h3-20H2,1-2H3,(H,25,26)(H,27,28);;/q;2*+1/p-2. The van der Waals surface area contributed by atoms with Gasteiger partial charge in [-0.2, -0.15) is 0 Å². The first-order chi connectivity index (χ1) is 13.5. The van der Waals surface area contributed by atoms with E-state index in [0.29, 0.717) is 13.1 Å². The first-order valence-corrected chi connectivity index (χ1v) is 11.3. The minimum atomic E-state index is -1.08. The molecule has 0 aliphatic heterocycles. The number of carbonyl (C=O) groups is 2. The predicted octanol–water partition coefficient (Wildman–Crippen LogP) is -4.18. The van der Waals surface area contributed by atoms with Crippen molar-refractivity contribution in [1.82, 2.24) is 9.80 Å². The summed E-state index contributed by atoms with van der Waals surface area (Å²) in [4.78, 5) is 25.8. The molecule has 0 aromatic heterocycles. The van der Waals surface area contributed by atoms with Crippen LogP contribution in [0.15, 0.2) is 0 Å². The Labute approximate surface area is 229 Å². The van der Waals surface area contributed by atoms with Crippen LogP contribution in [0.4, 0.5) is 0 Å². The Morgan fingerprint density at radius 3 is 1.13 bits per heavy atom. The zero-order valence-electron chi connectivity index (χ0n) is 20.3. The maximum Gasteiger partial charge on any atom is 1.00 e. The first kappa shape index (κ1) is 35.4. The zero-order chi connectivity index (χ0) is 21.0. The summed E-state index contributed by atoms with van der Waals surface area (Å²) in [6.07, 6.45) is 13.9. The van der Waals surface area contributed by atoms with Gasteiger partial charge in [-0.3, -0.25) is 9.80 Å². The van der Waals surface area contributed by atoms with Crippen molar-refractivity contribution in [2.24, 2.45) is 0 Å². The van der Waals surface area contributed by atoms with Crippen LogP contribution in [0.5, 0.6) is 0 Å². The summed E-state index contributed by atoms with van der Waals surface area (Å²) in [5, 5.41) is 22.1. The molecule has 0 rings (SSSR count). The Bertz CT molecular complexity index is 365. The molecule has 0 bridgehead atoms. The second-order valence-corrected chi connectivity index (χ2v) is 7.83. The van der Waals surface area contributed by atoms with E-state index in [4.69, 9.17) is 0 Å². The molecule has 0 spiro atoms. The van der Waals surface area contributed by atoms with Crippen LogP contribution in [0.2, 0.25) is 0 Å². The minimum Gasteiger partial charge on any atom is -0.549 e. The third-order valence-corrected chi connectivity index (χ3v) is 5.09.